The summed E-state index contributed by atoms with van der Waals surface area (Å²) in [4.78, 5) is 26.5. The van der Waals surface area contributed by atoms with Crippen molar-refractivity contribution in [3.63, 3.8) is 0 Å². The van der Waals surface area contributed by atoms with Crippen LogP contribution in [0.3, 0.4) is 0 Å². The Kier molecular flexibility index (Phi) is 9.86. The van der Waals surface area contributed by atoms with Gasteiger partial charge in [0, 0.05) is 67.1 Å². The molecule has 0 spiro atoms. The van der Waals surface area contributed by atoms with Crippen LogP contribution in [0.5, 0.6) is 5.75 Å². The third kappa shape index (κ3) is 7.17. The molecular weight excluding hydrogens is 722 g/mol. The van der Waals surface area contributed by atoms with E-state index in [1.807, 2.05) is 24.3 Å². The largest absolute Gasteiger partial charge is 0.378 e. The van der Waals surface area contributed by atoms with Crippen molar-refractivity contribution in [3.8, 4) is 5.75 Å². The number of hydrogen-bond donors (Lipinski definition) is 0. The fourth-order valence-electron chi connectivity index (χ4n) is 6.40. The molecule has 6 aromatic rings. The lowest BCUT2D eigenvalue weighted by Crippen LogP contribution is -2.56. The molecule has 1 fully saturated rings. The second kappa shape index (κ2) is 14.5. The first-order valence-corrected chi connectivity index (χ1v) is 19.7. The summed E-state index contributed by atoms with van der Waals surface area (Å²) < 4.78 is 61.6. The van der Waals surface area contributed by atoms with Gasteiger partial charge in [0.15, 0.2) is 5.03 Å². The topological polar surface area (TPSA) is 130 Å². The summed E-state index contributed by atoms with van der Waals surface area (Å²) >= 11 is 6.22. The number of halogens is 1. The first-order valence-electron chi connectivity index (χ1n) is 16.5. The highest BCUT2D eigenvalue weighted by Crippen LogP contribution is 2.28. The molecule has 1 atom stereocenters. The fraction of sp³-hybridized carbons (Fsp3) is 0.184. The van der Waals surface area contributed by atoms with E-state index in [0.29, 0.717) is 58.3 Å². The van der Waals surface area contributed by atoms with Gasteiger partial charge in [-0.15, -0.1) is 0 Å². The first-order chi connectivity index (χ1) is 25.0. The number of carbonyl (C=O) groups is 1. The van der Waals surface area contributed by atoms with E-state index in [0.717, 1.165) is 9.99 Å². The van der Waals surface area contributed by atoms with E-state index in [1.165, 1.54) is 31.6 Å². The molecule has 2 aromatic heterocycles. The van der Waals surface area contributed by atoms with Crippen LogP contribution in [0, 0.1) is 0 Å². The summed E-state index contributed by atoms with van der Waals surface area (Å²) in [7, 11) is -7.17. The van der Waals surface area contributed by atoms with E-state index in [9.17, 15) is 21.6 Å². The van der Waals surface area contributed by atoms with Gasteiger partial charge in [0.25, 0.3) is 10.0 Å². The van der Waals surface area contributed by atoms with Gasteiger partial charge < -0.3 is 14.0 Å². The zero-order valence-corrected chi connectivity index (χ0v) is 30.4. The fourth-order valence-corrected chi connectivity index (χ4v) is 9.11. The molecule has 14 heteroatoms. The summed E-state index contributed by atoms with van der Waals surface area (Å²) in [5.41, 5.74) is 1.54. The van der Waals surface area contributed by atoms with Gasteiger partial charge >= 0.3 is 10.1 Å². The van der Waals surface area contributed by atoms with Gasteiger partial charge in [0.2, 0.25) is 10.9 Å². The maximum atomic E-state index is 14.4. The van der Waals surface area contributed by atoms with E-state index >= 15 is 0 Å². The number of likely N-dealkylation sites (N-methyl/N-ethyl adjacent to an activating group) is 1. The van der Waals surface area contributed by atoms with E-state index in [2.05, 4.69) is 14.9 Å². The number of aromatic nitrogens is 2. The molecule has 0 saturated carbocycles. The number of carbonyl (C=O) groups excluding carboxylic acids is 1. The van der Waals surface area contributed by atoms with Crippen LogP contribution in [-0.4, -0.2) is 81.2 Å². The highest BCUT2D eigenvalue weighted by molar-refractivity contribution is 7.89. The first kappa shape index (κ1) is 35.3. The van der Waals surface area contributed by atoms with Crippen molar-refractivity contribution in [2.45, 2.75) is 22.5 Å². The number of pyridine rings is 2. The highest BCUT2D eigenvalue weighted by atomic mass is 35.5. The number of anilines is 1. The Labute approximate surface area is 307 Å². The number of nitrogens with zero attached hydrogens (tertiary/aromatic N) is 5. The predicted octanol–water partition coefficient (Wildman–Crippen LogP) is 5.78. The molecule has 3 heterocycles. The van der Waals surface area contributed by atoms with Crippen molar-refractivity contribution in [1.82, 2.24) is 19.2 Å². The summed E-state index contributed by atoms with van der Waals surface area (Å²) in [5, 5.41) is 2.55. The molecule has 7 rings (SSSR count). The molecule has 266 valence electrons. The third-order valence-corrected chi connectivity index (χ3v) is 12.5. The molecule has 1 aliphatic rings. The van der Waals surface area contributed by atoms with Crippen molar-refractivity contribution in [2.75, 3.05) is 38.1 Å². The zero-order chi connectivity index (χ0) is 36.5. The molecular formula is C38H34ClN5O6S2. The number of sulfonamides is 1. The summed E-state index contributed by atoms with van der Waals surface area (Å²) in [6, 6.07) is 30.0. The average Bonchev–Trinajstić information content (AvgIpc) is 3.16. The zero-order valence-electron chi connectivity index (χ0n) is 28.0. The molecule has 0 radical (unpaired) electrons. The minimum atomic E-state index is -4.29. The van der Waals surface area contributed by atoms with Crippen LogP contribution in [0.25, 0.3) is 21.5 Å². The maximum absolute atomic E-state index is 14.4. The SMILES string of the molecule is CN(C(Cc1ccc(OS(=O)(=O)c2nccc3ccccc23)cc1)C(=O)N1CCN(c2cccc(Cl)c2)CC1)S(=O)(=O)c1nccc2ccccc12. The Bertz CT molecular complexity index is 2480. The van der Waals surface area contributed by atoms with Gasteiger partial charge in [0.05, 0.1) is 0 Å². The molecule has 4 aromatic carbocycles. The normalized spacial score (nSPS) is 14.5. The van der Waals surface area contributed by atoms with Crippen LogP contribution in [-0.2, 0) is 31.4 Å². The highest BCUT2D eigenvalue weighted by Gasteiger charge is 2.38. The van der Waals surface area contributed by atoms with Crippen LogP contribution < -0.4 is 9.08 Å². The van der Waals surface area contributed by atoms with Gasteiger partial charge in [-0.05, 0) is 65.2 Å². The predicted molar refractivity (Wildman–Crippen MR) is 200 cm³/mol. The van der Waals surface area contributed by atoms with E-state index in [1.54, 1.807) is 77.7 Å². The number of hydrogen-bond acceptors (Lipinski definition) is 9. The van der Waals surface area contributed by atoms with Crippen LogP contribution in [0.1, 0.15) is 5.56 Å². The number of amides is 1. The van der Waals surface area contributed by atoms with Crippen molar-refractivity contribution in [1.29, 1.82) is 0 Å². The number of rotatable bonds is 10. The quantitative estimate of drug-likeness (QED) is 0.160. The molecule has 1 aliphatic heterocycles. The molecule has 1 saturated heterocycles. The summed E-state index contributed by atoms with van der Waals surface area (Å²) in [6.07, 6.45) is 2.86. The average molecular weight is 756 g/mol. The Morgan fingerprint density at radius 1 is 0.769 bits per heavy atom. The van der Waals surface area contributed by atoms with Gasteiger partial charge in [-0.1, -0.05) is 78.3 Å². The smallest absolute Gasteiger partial charge is 0.357 e. The standard InChI is InChI=1S/C38H34ClN5O6S2/c1-42(51(46,47)36-33-11-4-2-7-28(33)17-19-40-36)35(38(45)44-23-21-43(22-24-44)31-10-6-9-30(39)26-31)25-27-13-15-32(16-14-27)50-52(48,49)37-34-12-5-3-8-29(34)18-20-41-37/h2-20,26,35H,21-25H2,1H3. The lowest BCUT2D eigenvalue weighted by molar-refractivity contribution is -0.135. The Morgan fingerprint density at radius 2 is 1.37 bits per heavy atom. The lowest BCUT2D eigenvalue weighted by atomic mass is 10.0. The van der Waals surface area contributed by atoms with Gasteiger partial charge in [-0.2, -0.15) is 12.7 Å². The van der Waals surface area contributed by atoms with Gasteiger partial charge in [-0.3, -0.25) is 4.79 Å². The monoisotopic (exact) mass is 755 g/mol. The molecule has 11 nitrogen and oxygen atoms in total. The second-order valence-corrected chi connectivity index (χ2v) is 16.2. The molecule has 0 N–H and O–H groups in total. The molecule has 0 aliphatic carbocycles. The maximum Gasteiger partial charge on any atom is 0.357 e. The lowest BCUT2D eigenvalue weighted by Gasteiger charge is -2.39. The Hall–Kier alpha value is -5.08. The van der Waals surface area contributed by atoms with Gasteiger partial charge in [0.1, 0.15) is 11.8 Å². The van der Waals surface area contributed by atoms with Crippen molar-refractivity contribution >= 4 is 64.9 Å². The minimum Gasteiger partial charge on any atom is -0.378 e. The second-order valence-electron chi connectivity index (χ2n) is 12.4. The number of fused-ring (bicyclic) bond motifs is 2. The molecule has 1 amide bonds. The van der Waals surface area contributed by atoms with Crippen molar-refractivity contribution in [3.05, 3.63) is 132 Å². The third-order valence-electron chi connectivity index (χ3n) is 9.18. The summed E-state index contributed by atoms with van der Waals surface area (Å²) in [5.74, 6) is -0.318. The molecule has 1 unspecified atom stereocenters. The summed E-state index contributed by atoms with van der Waals surface area (Å²) in [6.45, 7) is 1.81. The molecule has 52 heavy (non-hydrogen) atoms. The van der Waals surface area contributed by atoms with Gasteiger partial charge in [-0.25, -0.2) is 18.4 Å². The van der Waals surface area contributed by atoms with Crippen molar-refractivity contribution in [2.24, 2.45) is 0 Å². The minimum absolute atomic E-state index is 0.00570. The Balaban J connectivity index is 1.15. The number of benzene rings is 4. The molecule has 0 bridgehead atoms. The van der Waals surface area contributed by atoms with Crippen LogP contribution >= 0.6 is 11.6 Å². The van der Waals surface area contributed by atoms with Crippen LogP contribution in [0.2, 0.25) is 5.02 Å². The Morgan fingerprint density at radius 3 is 2.00 bits per heavy atom. The van der Waals surface area contributed by atoms with Crippen LogP contribution in [0.15, 0.2) is 132 Å². The van der Waals surface area contributed by atoms with Crippen LogP contribution in [0.4, 0.5) is 5.69 Å². The van der Waals surface area contributed by atoms with E-state index in [4.69, 9.17) is 15.8 Å². The van der Waals surface area contributed by atoms with E-state index < -0.39 is 26.2 Å². The number of piperazine rings is 1. The van der Waals surface area contributed by atoms with E-state index in [-0.39, 0.29) is 28.1 Å². The van der Waals surface area contributed by atoms with Crippen molar-refractivity contribution < 1.29 is 25.8 Å².